The Balaban J connectivity index is 1.24. The Morgan fingerprint density at radius 2 is 1.70 bits per heavy atom. The molecule has 0 radical (unpaired) electrons. The normalized spacial score (nSPS) is 13.7. The standard InChI is InChI=1S/C40H52N10O7/c1-7-50-31(20-26(2)46-50)37(53)45-38-44-30-21-27(25-51)22-33(55-6)35(30)49(38)14-9-8-12-43-34-29(41)23-28(36(42)52)24-32(34)56-19-11-10-13-47-15-17-48(18-16-47)39(54)57-40(3,4)5/h8-11,20-25,43H,7,12-19,41H2,1-6H3,(H2,42,52)(H,44,45,53)/b9-8+,11-10+. The predicted molar refractivity (Wildman–Crippen MR) is 218 cm³/mol. The van der Waals surface area contributed by atoms with E-state index in [0.29, 0.717) is 84.2 Å². The van der Waals surface area contributed by atoms with Gasteiger partial charge in [0.15, 0.2) is 0 Å². The van der Waals surface area contributed by atoms with Crippen molar-refractivity contribution in [3.8, 4) is 11.5 Å². The van der Waals surface area contributed by atoms with Crippen molar-refractivity contribution in [3.63, 3.8) is 0 Å². The molecule has 1 saturated heterocycles. The van der Waals surface area contributed by atoms with Gasteiger partial charge in [-0.05, 0) is 65.0 Å². The first-order valence-electron chi connectivity index (χ1n) is 18.7. The molecule has 0 aliphatic carbocycles. The van der Waals surface area contributed by atoms with Crippen LogP contribution in [0.2, 0.25) is 0 Å². The van der Waals surface area contributed by atoms with Crippen LogP contribution in [0, 0.1) is 6.92 Å². The van der Waals surface area contributed by atoms with Gasteiger partial charge in [-0.15, -0.1) is 0 Å². The van der Waals surface area contributed by atoms with Crippen LogP contribution in [0.15, 0.2) is 54.6 Å². The minimum atomic E-state index is -0.639. The van der Waals surface area contributed by atoms with E-state index in [1.54, 1.807) is 38.4 Å². The number of imidazole rings is 1. The van der Waals surface area contributed by atoms with Crippen LogP contribution >= 0.6 is 0 Å². The molecule has 3 heterocycles. The van der Waals surface area contributed by atoms with Gasteiger partial charge in [-0.1, -0.05) is 24.3 Å². The van der Waals surface area contributed by atoms with Crippen molar-refractivity contribution >= 4 is 52.6 Å². The van der Waals surface area contributed by atoms with Gasteiger partial charge in [0.25, 0.3) is 5.91 Å². The smallest absolute Gasteiger partial charge is 0.410 e. The number of anilines is 3. The van der Waals surface area contributed by atoms with Crippen molar-refractivity contribution in [2.24, 2.45) is 5.73 Å². The molecular formula is C40H52N10O7. The van der Waals surface area contributed by atoms with Crippen molar-refractivity contribution < 1.29 is 33.4 Å². The zero-order chi connectivity index (χ0) is 41.3. The molecule has 304 valence electrons. The number of nitrogens with zero attached hydrogens (tertiary/aromatic N) is 6. The number of piperazine rings is 1. The van der Waals surface area contributed by atoms with Gasteiger partial charge in [-0.25, -0.2) is 9.78 Å². The Morgan fingerprint density at radius 3 is 2.37 bits per heavy atom. The first-order valence-corrected chi connectivity index (χ1v) is 18.7. The van der Waals surface area contributed by atoms with Gasteiger partial charge in [0.2, 0.25) is 11.9 Å². The van der Waals surface area contributed by atoms with Crippen molar-refractivity contribution in [1.82, 2.24) is 29.1 Å². The lowest BCUT2D eigenvalue weighted by atomic mass is 10.1. The molecule has 6 N–H and O–H groups in total. The number of benzene rings is 2. The molecule has 2 aromatic carbocycles. The third-order valence-corrected chi connectivity index (χ3v) is 9.00. The van der Waals surface area contributed by atoms with Crippen LogP contribution in [0.3, 0.4) is 0 Å². The summed E-state index contributed by atoms with van der Waals surface area (Å²) in [4.78, 5) is 58.1. The van der Waals surface area contributed by atoms with Crippen LogP contribution in [0.4, 0.5) is 22.1 Å². The number of nitrogen functional groups attached to an aromatic ring is 1. The van der Waals surface area contributed by atoms with E-state index in [-0.39, 0.29) is 42.4 Å². The summed E-state index contributed by atoms with van der Waals surface area (Å²) in [5, 5.41) is 10.6. The SMILES string of the molecule is CCn1nc(C)cc1C(=O)Nc1nc2cc(C=O)cc(OC)c2n1C/C=C/CNc1c(N)cc(C(N)=O)cc1OC/C=C/CN1CCN(C(=O)OC(C)(C)C)CC1. The molecule has 1 aliphatic heterocycles. The summed E-state index contributed by atoms with van der Waals surface area (Å²) in [5.74, 6) is 0.0100. The number of carbonyl (C=O) groups excluding carboxylic acids is 4. The highest BCUT2D eigenvalue weighted by Gasteiger charge is 2.26. The number of aldehydes is 1. The topological polar surface area (TPSA) is 214 Å². The second-order valence-corrected chi connectivity index (χ2v) is 14.4. The Morgan fingerprint density at radius 1 is 0.965 bits per heavy atom. The van der Waals surface area contributed by atoms with E-state index in [9.17, 15) is 19.2 Å². The number of rotatable bonds is 16. The maximum absolute atomic E-state index is 13.4. The molecule has 17 heteroatoms. The molecule has 0 saturated carbocycles. The lowest BCUT2D eigenvalue weighted by molar-refractivity contribution is 0.0154. The first kappa shape index (κ1) is 41.8. The highest BCUT2D eigenvalue weighted by Crippen LogP contribution is 2.33. The summed E-state index contributed by atoms with van der Waals surface area (Å²) in [7, 11) is 1.50. The van der Waals surface area contributed by atoms with Gasteiger partial charge in [0.1, 0.15) is 46.9 Å². The zero-order valence-corrected chi connectivity index (χ0v) is 33.3. The number of ether oxygens (including phenoxy) is 3. The van der Waals surface area contributed by atoms with Gasteiger partial charge < -0.3 is 40.5 Å². The van der Waals surface area contributed by atoms with E-state index >= 15 is 0 Å². The first-order chi connectivity index (χ1) is 27.2. The van der Waals surface area contributed by atoms with Crippen LogP contribution in [0.5, 0.6) is 11.5 Å². The molecular weight excluding hydrogens is 733 g/mol. The molecule has 4 aromatic rings. The van der Waals surface area contributed by atoms with Gasteiger partial charge in [-0.2, -0.15) is 5.10 Å². The molecule has 1 aliphatic rings. The summed E-state index contributed by atoms with van der Waals surface area (Å²) in [5.41, 5.74) is 14.9. The number of methoxy groups -OCH3 is 1. The molecule has 0 spiro atoms. The Kier molecular flexibility index (Phi) is 13.6. The molecule has 2 aromatic heterocycles. The van der Waals surface area contributed by atoms with E-state index < -0.39 is 11.5 Å². The van der Waals surface area contributed by atoms with Crippen molar-refractivity contribution in [2.75, 3.05) is 69.4 Å². The number of hydrogen-bond acceptors (Lipinski definition) is 12. The Labute approximate surface area is 331 Å². The Hall–Kier alpha value is -6.36. The quantitative estimate of drug-likeness (QED) is 0.0704. The van der Waals surface area contributed by atoms with Crippen LogP contribution in [-0.4, -0.2) is 112 Å². The zero-order valence-electron chi connectivity index (χ0n) is 33.3. The molecule has 0 atom stereocenters. The van der Waals surface area contributed by atoms with Crippen LogP contribution in [0.25, 0.3) is 11.0 Å². The number of primary amides is 1. The number of hydrogen-bond donors (Lipinski definition) is 4. The number of allylic oxidation sites excluding steroid dienone is 1. The number of fused-ring (bicyclic) bond motifs is 1. The average Bonchev–Trinajstić information content (AvgIpc) is 3.73. The van der Waals surface area contributed by atoms with Crippen LogP contribution in [0.1, 0.15) is 64.6 Å². The van der Waals surface area contributed by atoms with Crippen LogP contribution < -0.4 is 31.6 Å². The van der Waals surface area contributed by atoms with Gasteiger partial charge in [0, 0.05) is 63.5 Å². The lowest BCUT2D eigenvalue weighted by Gasteiger charge is -2.35. The molecule has 5 rings (SSSR count). The summed E-state index contributed by atoms with van der Waals surface area (Å²) >= 11 is 0. The fraction of sp³-hybridized carbons (Fsp3) is 0.400. The fourth-order valence-corrected chi connectivity index (χ4v) is 6.26. The summed E-state index contributed by atoms with van der Waals surface area (Å²) in [6.07, 6.45) is 8.03. The third-order valence-electron chi connectivity index (χ3n) is 9.00. The van der Waals surface area contributed by atoms with E-state index in [2.05, 4.69) is 25.6 Å². The van der Waals surface area contributed by atoms with Gasteiger partial charge >= 0.3 is 6.09 Å². The average molecular weight is 785 g/mol. The Bertz CT molecular complexity index is 2160. The number of amides is 3. The van der Waals surface area contributed by atoms with E-state index in [0.717, 1.165) is 13.1 Å². The molecule has 0 bridgehead atoms. The predicted octanol–water partition coefficient (Wildman–Crippen LogP) is 4.47. The number of carbonyl (C=O) groups is 4. The number of nitrogens with two attached hydrogens (primary N) is 2. The van der Waals surface area contributed by atoms with Crippen LogP contribution in [-0.2, 0) is 17.8 Å². The molecule has 1 fully saturated rings. The monoisotopic (exact) mass is 784 g/mol. The van der Waals surface area contributed by atoms with E-state index in [4.69, 9.17) is 25.7 Å². The summed E-state index contributed by atoms with van der Waals surface area (Å²) < 4.78 is 20.6. The van der Waals surface area contributed by atoms with E-state index in [1.807, 2.05) is 58.9 Å². The second-order valence-electron chi connectivity index (χ2n) is 14.4. The van der Waals surface area contributed by atoms with Crippen molar-refractivity contribution in [1.29, 1.82) is 0 Å². The second kappa shape index (κ2) is 18.5. The molecule has 57 heavy (non-hydrogen) atoms. The summed E-state index contributed by atoms with van der Waals surface area (Å²) in [6, 6.07) is 7.99. The molecule has 17 nitrogen and oxygen atoms in total. The van der Waals surface area contributed by atoms with Crippen molar-refractivity contribution in [2.45, 2.75) is 53.3 Å². The highest BCUT2D eigenvalue weighted by molar-refractivity contribution is 6.03. The number of aromatic nitrogens is 4. The van der Waals surface area contributed by atoms with Gasteiger partial charge in [0.05, 0.1) is 24.0 Å². The molecule has 0 unspecified atom stereocenters. The van der Waals surface area contributed by atoms with Gasteiger partial charge in [-0.3, -0.25) is 29.3 Å². The van der Waals surface area contributed by atoms with Crippen molar-refractivity contribution in [3.05, 3.63) is 77.2 Å². The van der Waals surface area contributed by atoms with E-state index in [1.165, 1.54) is 13.2 Å². The minimum absolute atomic E-state index is 0.207. The number of nitrogens with one attached hydrogen (secondary N) is 2. The lowest BCUT2D eigenvalue weighted by Crippen LogP contribution is -2.49. The molecule has 3 amide bonds. The maximum Gasteiger partial charge on any atom is 0.410 e. The third kappa shape index (κ3) is 10.7. The fourth-order valence-electron chi connectivity index (χ4n) is 6.26. The maximum atomic E-state index is 13.4. The highest BCUT2D eigenvalue weighted by atomic mass is 16.6. The number of aryl methyl sites for hydroxylation is 2. The summed E-state index contributed by atoms with van der Waals surface area (Å²) in [6.45, 7) is 13.9. The minimum Gasteiger partial charge on any atom is -0.494 e. The largest absolute Gasteiger partial charge is 0.494 e.